The fourth-order valence-corrected chi connectivity index (χ4v) is 3.44. The van der Waals surface area contributed by atoms with Crippen LogP contribution in [0.2, 0.25) is 0 Å². The minimum Gasteiger partial charge on any atom is -0.508 e. The quantitative estimate of drug-likeness (QED) is 0.208. The van der Waals surface area contributed by atoms with Crippen LogP contribution in [0.25, 0.3) is 0 Å². The van der Waals surface area contributed by atoms with Crippen molar-refractivity contribution in [3.05, 3.63) is 161 Å². The molecule has 216 valence electrons. The molecule has 0 aliphatic carbocycles. The standard InChI is InChI=1S/C14H14FNO.C14H10FNO.C7H5NO/c2*15-14-4-2-1-3-12(14)10-17-13-7-5-11(9-16)6-8-13;8-5-6-1-3-7(9)4-2-6/h1-8H,9-10,16H2;1-8H,10H2;1-4,9H. The Kier molecular flexibility index (Phi) is 12.7. The summed E-state index contributed by atoms with van der Waals surface area (Å²) < 4.78 is 37.5. The number of nitrogens with two attached hydrogens (primary N) is 1. The first-order valence-corrected chi connectivity index (χ1v) is 13.1. The molecule has 0 aliphatic rings. The summed E-state index contributed by atoms with van der Waals surface area (Å²) in [6.07, 6.45) is 0. The van der Waals surface area contributed by atoms with E-state index in [2.05, 4.69) is 0 Å². The Balaban J connectivity index is 0.000000186. The van der Waals surface area contributed by atoms with Crippen LogP contribution in [-0.4, -0.2) is 5.11 Å². The highest BCUT2D eigenvalue weighted by atomic mass is 19.1. The van der Waals surface area contributed by atoms with E-state index >= 15 is 0 Å². The molecule has 0 heterocycles. The number of hydrogen-bond acceptors (Lipinski definition) is 6. The van der Waals surface area contributed by atoms with Crippen LogP contribution < -0.4 is 15.2 Å². The third kappa shape index (κ3) is 11.0. The van der Waals surface area contributed by atoms with Gasteiger partial charge in [0, 0.05) is 17.7 Å². The summed E-state index contributed by atoms with van der Waals surface area (Å²) in [6.45, 7) is 0.917. The summed E-state index contributed by atoms with van der Waals surface area (Å²) >= 11 is 0. The van der Waals surface area contributed by atoms with E-state index in [0.717, 1.165) is 5.56 Å². The Morgan fingerprint density at radius 1 is 0.581 bits per heavy atom. The number of phenols is 1. The van der Waals surface area contributed by atoms with Gasteiger partial charge in [-0.2, -0.15) is 10.5 Å². The summed E-state index contributed by atoms with van der Waals surface area (Å²) in [5.41, 5.74) is 8.74. The molecule has 3 N–H and O–H groups in total. The first kappa shape index (κ1) is 31.8. The van der Waals surface area contributed by atoms with E-state index in [9.17, 15) is 8.78 Å². The SMILES string of the molecule is N#Cc1ccc(O)cc1.N#Cc1ccc(OCc2ccccc2F)cc1.NCc1ccc(OCc2ccccc2F)cc1. The second-order valence-corrected chi connectivity index (χ2v) is 8.90. The van der Waals surface area contributed by atoms with Gasteiger partial charge in [0.2, 0.25) is 0 Å². The first-order valence-electron chi connectivity index (χ1n) is 13.1. The molecule has 0 bridgehead atoms. The van der Waals surface area contributed by atoms with Gasteiger partial charge in [-0.05, 0) is 78.4 Å². The molecule has 0 fully saturated rings. The van der Waals surface area contributed by atoms with Crippen molar-refractivity contribution >= 4 is 0 Å². The van der Waals surface area contributed by atoms with Gasteiger partial charge >= 0.3 is 0 Å². The van der Waals surface area contributed by atoms with Crippen molar-refractivity contribution in [2.45, 2.75) is 19.8 Å². The van der Waals surface area contributed by atoms with Crippen LogP contribution in [0, 0.1) is 34.3 Å². The number of aromatic hydroxyl groups is 1. The van der Waals surface area contributed by atoms with Crippen molar-refractivity contribution in [1.82, 2.24) is 0 Å². The topological polar surface area (TPSA) is 112 Å². The van der Waals surface area contributed by atoms with Gasteiger partial charge in [0.05, 0.1) is 23.3 Å². The Morgan fingerprint density at radius 2 is 0.977 bits per heavy atom. The maximum atomic E-state index is 13.3. The van der Waals surface area contributed by atoms with Gasteiger partial charge in [0.1, 0.15) is 42.1 Å². The zero-order valence-electron chi connectivity index (χ0n) is 23.2. The van der Waals surface area contributed by atoms with Crippen LogP contribution >= 0.6 is 0 Å². The predicted octanol–water partition coefficient (Wildman–Crippen LogP) is 7.40. The minimum atomic E-state index is -0.277. The molecule has 0 saturated heterocycles. The maximum absolute atomic E-state index is 13.3. The molecule has 0 radical (unpaired) electrons. The zero-order chi connectivity index (χ0) is 30.9. The fraction of sp³-hybridized carbons (Fsp3) is 0.0857. The van der Waals surface area contributed by atoms with E-state index < -0.39 is 0 Å². The molecule has 43 heavy (non-hydrogen) atoms. The molecule has 0 aromatic heterocycles. The van der Waals surface area contributed by atoms with E-state index in [-0.39, 0.29) is 30.6 Å². The van der Waals surface area contributed by atoms with Crippen LogP contribution in [0.3, 0.4) is 0 Å². The summed E-state index contributed by atoms with van der Waals surface area (Å²) in [5, 5.41) is 25.7. The third-order valence-electron chi connectivity index (χ3n) is 5.84. The highest BCUT2D eigenvalue weighted by Gasteiger charge is 2.03. The lowest BCUT2D eigenvalue weighted by atomic mass is 10.2. The van der Waals surface area contributed by atoms with E-state index in [1.165, 1.54) is 24.3 Å². The van der Waals surface area contributed by atoms with Crippen molar-refractivity contribution < 1.29 is 23.4 Å². The van der Waals surface area contributed by atoms with E-state index in [1.807, 2.05) is 36.4 Å². The monoisotopic (exact) mass is 577 g/mol. The number of nitrogens with zero attached hydrogens (tertiary/aromatic N) is 2. The molecule has 0 atom stereocenters. The normalized spacial score (nSPS) is 9.60. The Hall–Kier alpha value is -5.70. The molecule has 5 rings (SSSR count). The average molecular weight is 578 g/mol. The number of phenolic OH excluding ortho intramolecular Hbond substituents is 1. The van der Waals surface area contributed by atoms with Crippen molar-refractivity contribution in [3.8, 4) is 29.4 Å². The van der Waals surface area contributed by atoms with Crippen LogP contribution in [0.5, 0.6) is 17.2 Å². The molecule has 6 nitrogen and oxygen atoms in total. The maximum Gasteiger partial charge on any atom is 0.129 e. The van der Waals surface area contributed by atoms with Crippen LogP contribution in [-0.2, 0) is 19.8 Å². The molecule has 0 amide bonds. The van der Waals surface area contributed by atoms with E-state index in [1.54, 1.807) is 72.8 Å². The van der Waals surface area contributed by atoms with Crippen LogP contribution in [0.4, 0.5) is 8.78 Å². The molecule has 0 saturated carbocycles. The van der Waals surface area contributed by atoms with Gasteiger partial charge in [0.15, 0.2) is 0 Å². The number of hydrogen-bond donors (Lipinski definition) is 2. The number of ether oxygens (including phenoxy) is 2. The van der Waals surface area contributed by atoms with Gasteiger partial charge in [-0.3, -0.25) is 0 Å². The number of rotatable bonds is 7. The summed E-state index contributed by atoms with van der Waals surface area (Å²) in [7, 11) is 0. The zero-order valence-corrected chi connectivity index (χ0v) is 23.2. The lowest BCUT2D eigenvalue weighted by Crippen LogP contribution is -1.99. The Morgan fingerprint density at radius 3 is 1.37 bits per heavy atom. The minimum absolute atomic E-state index is 0.179. The predicted molar refractivity (Wildman–Crippen MR) is 160 cm³/mol. The Bertz CT molecular complexity index is 1640. The molecule has 0 spiro atoms. The van der Waals surface area contributed by atoms with Crippen LogP contribution in [0.1, 0.15) is 27.8 Å². The largest absolute Gasteiger partial charge is 0.508 e. The average Bonchev–Trinajstić information content (AvgIpc) is 3.05. The molecule has 5 aromatic carbocycles. The smallest absolute Gasteiger partial charge is 0.129 e. The molecule has 8 heteroatoms. The highest BCUT2D eigenvalue weighted by molar-refractivity contribution is 5.35. The number of halogens is 2. The molecular weight excluding hydrogens is 548 g/mol. The highest BCUT2D eigenvalue weighted by Crippen LogP contribution is 2.16. The fourth-order valence-electron chi connectivity index (χ4n) is 3.44. The number of nitriles is 2. The van der Waals surface area contributed by atoms with E-state index in [0.29, 0.717) is 40.3 Å². The van der Waals surface area contributed by atoms with Gasteiger partial charge in [-0.25, -0.2) is 8.78 Å². The van der Waals surface area contributed by atoms with Gasteiger partial charge < -0.3 is 20.3 Å². The first-order chi connectivity index (χ1) is 20.9. The van der Waals surface area contributed by atoms with Crippen LogP contribution in [0.15, 0.2) is 121 Å². The summed E-state index contributed by atoms with van der Waals surface area (Å²) in [6, 6.07) is 37.3. The van der Waals surface area contributed by atoms with Gasteiger partial charge in [0.25, 0.3) is 0 Å². The van der Waals surface area contributed by atoms with Crippen molar-refractivity contribution in [1.29, 1.82) is 10.5 Å². The lowest BCUT2D eigenvalue weighted by Gasteiger charge is -2.07. The molecule has 0 unspecified atom stereocenters. The molecule has 0 aliphatic heterocycles. The summed E-state index contributed by atoms with van der Waals surface area (Å²) in [4.78, 5) is 0. The summed E-state index contributed by atoms with van der Waals surface area (Å²) in [5.74, 6) is 0.999. The van der Waals surface area contributed by atoms with Crippen molar-refractivity contribution in [2.24, 2.45) is 5.73 Å². The lowest BCUT2D eigenvalue weighted by molar-refractivity contribution is 0.299. The van der Waals surface area contributed by atoms with Gasteiger partial charge in [-0.1, -0.05) is 48.5 Å². The molecular formula is C35H29F2N3O3. The number of benzene rings is 5. The van der Waals surface area contributed by atoms with E-state index in [4.69, 9.17) is 30.8 Å². The van der Waals surface area contributed by atoms with Crippen molar-refractivity contribution in [3.63, 3.8) is 0 Å². The second kappa shape index (κ2) is 17.2. The molecule has 5 aromatic rings. The van der Waals surface area contributed by atoms with Gasteiger partial charge in [-0.15, -0.1) is 0 Å². The second-order valence-electron chi connectivity index (χ2n) is 8.90. The van der Waals surface area contributed by atoms with Crippen molar-refractivity contribution in [2.75, 3.05) is 0 Å². The Labute approximate surface area is 249 Å². The third-order valence-corrected chi connectivity index (χ3v) is 5.84.